The first-order valence-corrected chi connectivity index (χ1v) is 7.09. The Labute approximate surface area is 119 Å². The van der Waals surface area contributed by atoms with Gasteiger partial charge in [-0.3, -0.25) is 9.59 Å². The van der Waals surface area contributed by atoms with Crippen LogP contribution in [0.15, 0.2) is 30.3 Å². The van der Waals surface area contributed by atoms with Crippen LogP contribution in [0.1, 0.15) is 38.3 Å². The number of rotatable bonds is 7. The highest BCUT2D eigenvalue weighted by Gasteiger charge is 2.57. The number of ketones is 1. The van der Waals surface area contributed by atoms with Crippen LogP contribution in [0.4, 0.5) is 0 Å². The summed E-state index contributed by atoms with van der Waals surface area (Å²) in [5, 5.41) is 3.18. The van der Waals surface area contributed by atoms with Crippen LogP contribution in [-0.4, -0.2) is 24.9 Å². The van der Waals surface area contributed by atoms with Crippen LogP contribution in [-0.2, 0) is 14.3 Å². The molecule has 108 valence electrons. The molecule has 0 bridgehead atoms. The van der Waals surface area contributed by atoms with Gasteiger partial charge in [0, 0.05) is 6.04 Å². The predicted octanol–water partition coefficient (Wildman–Crippen LogP) is 2.25. The summed E-state index contributed by atoms with van der Waals surface area (Å²) in [6, 6.07) is 10.0. The molecule has 1 saturated carbocycles. The zero-order chi connectivity index (χ0) is 14.6. The van der Waals surface area contributed by atoms with E-state index in [0.717, 1.165) is 5.56 Å². The van der Waals surface area contributed by atoms with Gasteiger partial charge in [-0.05, 0) is 32.3 Å². The van der Waals surface area contributed by atoms with Crippen molar-refractivity contribution in [2.45, 2.75) is 32.7 Å². The van der Waals surface area contributed by atoms with Gasteiger partial charge in [0.15, 0.2) is 5.78 Å². The number of esters is 1. The highest BCUT2D eigenvalue weighted by atomic mass is 16.5. The predicted molar refractivity (Wildman–Crippen MR) is 76.2 cm³/mol. The highest BCUT2D eigenvalue weighted by molar-refractivity contribution is 6.07. The van der Waals surface area contributed by atoms with Gasteiger partial charge < -0.3 is 10.1 Å². The summed E-state index contributed by atoms with van der Waals surface area (Å²) in [6.45, 7) is 4.29. The quantitative estimate of drug-likeness (QED) is 0.612. The van der Waals surface area contributed by atoms with Crippen LogP contribution in [0.3, 0.4) is 0 Å². The summed E-state index contributed by atoms with van der Waals surface area (Å²) in [5.74, 6) is -0.419. The minimum absolute atomic E-state index is 0.0567. The van der Waals surface area contributed by atoms with Crippen LogP contribution in [0.2, 0.25) is 0 Å². The van der Waals surface area contributed by atoms with E-state index in [1.807, 2.05) is 37.3 Å². The van der Waals surface area contributed by atoms with Crippen molar-refractivity contribution < 1.29 is 14.3 Å². The molecule has 1 aromatic rings. The molecule has 0 aliphatic heterocycles. The monoisotopic (exact) mass is 275 g/mol. The molecule has 4 heteroatoms. The first kappa shape index (κ1) is 14.7. The summed E-state index contributed by atoms with van der Waals surface area (Å²) in [7, 11) is 0. The van der Waals surface area contributed by atoms with Crippen molar-refractivity contribution in [3.8, 4) is 0 Å². The summed E-state index contributed by atoms with van der Waals surface area (Å²) >= 11 is 0. The molecule has 1 aromatic carbocycles. The number of hydrogen-bond acceptors (Lipinski definition) is 4. The van der Waals surface area contributed by atoms with E-state index in [2.05, 4.69) is 5.32 Å². The number of nitrogens with one attached hydrogen (secondary N) is 1. The molecular weight excluding hydrogens is 254 g/mol. The van der Waals surface area contributed by atoms with E-state index in [9.17, 15) is 9.59 Å². The van der Waals surface area contributed by atoms with E-state index in [4.69, 9.17) is 4.74 Å². The fourth-order valence-corrected chi connectivity index (χ4v) is 2.27. The molecule has 1 atom stereocenters. The summed E-state index contributed by atoms with van der Waals surface area (Å²) in [6.07, 6.45) is 1.23. The van der Waals surface area contributed by atoms with Gasteiger partial charge in [-0.15, -0.1) is 0 Å². The van der Waals surface area contributed by atoms with Crippen molar-refractivity contribution in [2.75, 3.05) is 13.2 Å². The fraction of sp³-hybridized carbons (Fsp3) is 0.500. The molecule has 0 radical (unpaired) electrons. The lowest BCUT2D eigenvalue weighted by Gasteiger charge is -2.17. The maximum absolute atomic E-state index is 12.2. The van der Waals surface area contributed by atoms with Gasteiger partial charge in [-0.1, -0.05) is 30.3 Å². The first-order valence-electron chi connectivity index (χ1n) is 7.09. The van der Waals surface area contributed by atoms with E-state index in [1.165, 1.54) is 0 Å². The average molecular weight is 275 g/mol. The number of benzene rings is 1. The Kier molecular flexibility index (Phi) is 4.55. The third-order valence-electron chi connectivity index (χ3n) is 3.82. The molecule has 0 aromatic heterocycles. The van der Waals surface area contributed by atoms with Crippen molar-refractivity contribution in [3.63, 3.8) is 0 Å². The Balaban J connectivity index is 1.88. The average Bonchev–Trinajstić information content (AvgIpc) is 3.27. The Morgan fingerprint density at radius 1 is 1.30 bits per heavy atom. The zero-order valence-corrected chi connectivity index (χ0v) is 12.0. The van der Waals surface area contributed by atoms with Gasteiger partial charge in [0.05, 0.1) is 13.2 Å². The van der Waals surface area contributed by atoms with E-state index < -0.39 is 5.41 Å². The molecule has 1 aliphatic rings. The molecule has 0 amide bonds. The summed E-state index contributed by atoms with van der Waals surface area (Å²) in [5.41, 5.74) is 0.264. The van der Waals surface area contributed by atoms with Crippen LogP contribution in [0, 0.1) is 5.41 Å². The molecule has 2 rings (SSSR count). The lowest BCUT2D eigenvalue weighted by atomic mass is 10.0. The van der Waals surface area contributed by atoms with Gasteiger partial charge in [-0.2, -0.15) is 0 Å². The fourth-order valence-electron chi connectivity index (χ4n) is 2.27. The minimum Gasteiger partial charge on any atom is -0.465 e. The molecule has 1 fully saturated rings. The SMILES string of the molecule is CCOC(=O)C1(C(=O)CNC(C)c2ccccc2)CC1. The second-order valence-corrected chi connectivity index (χ2v) is 5.24. The standard InChI is InChI=1S/C16H21NO3/c1-3-20-15(19)16(9-10-16)14(18)11-17-12(2)13-7-5-4-6-8-13/h4-8,12,17H,3,9-11H2,1-2H3. The Morgan fingerprint density at radius 3 is 2.50 bits per heavy atom. The molecule has 20 heavy (non-hydrogen) atoms. The second kappa shape index (κ2) is 6.18. The largest absolute Gasteiger partial charge is 0.465 e. The lowest BCUT2D eigenvalue weighted by molar-refractivity contribution is -0.153. The number of carbonyl (C=O) groups is 2. The van der Waals surface area contributed by atoms with Crippen molar-refractivity contribution in [3.05, 3.63) is 35.9 Å². The molecule has 0 heterocycles. The molecule has 1 unspecified atom stereocenters. The maximum atomic E-state index is 12.2. The molecule has 4 nitrogen and oxygen atoms in total. The molecule has 1 aliphatic carbocycles. The van der Waals surface area contributed by atoms with Gasteiger partial charge in [0.25, 0.3) is 0 Å². The third-order valence-corrected chi connectivity index (χ3v) is 3.82. The molecule has 0 saturated heterocycles. The van der Waals surface area contributed by atoms with E-state index in [0.29, 0.717) is 19.4 Å². The summed E-state index contributed by atoms with van der Waals surface area (Å²) < 4.78 is 4.99. The van der Waals surface area contributed by atoms with Gasteiger partial charge in [0.1, 0.15) is 5.41 Å². The van der Waals surface area contributed by atoms with E-state index >= 15 is 0 Å². The van der Waals surface area contributed by atoms with Crippen LogP contribution in [0.5, 0.6) is 0 Å². The lowest BCUT2D eigenvalue weighted by Crippen LogP contribution is -2.36. The van der Waals surface area contributed by atoms with E-state index in [1.54, 1.807) is 6.92 Å². The number of ether oxygens (including phenoxy) is 1. The number of Topliss-reactive ketones (excluding diaryl/α,β-unsaturated/α-hetero) is 1. The number of hydrogen-bond donors (Lipinski definition) is 1. The summed E-state index contributed by atoms with van der Waals surface area (Å²) in [4.78, 5) is 24.0. The first-order chi connectivity index (χ1) is 9.60. The second-order valence-electron chi connectivity index (χ2n) is 5.24. The third kappa shape index (κ3) is 3.07. The Morgan fingerprint density at radius 2 is 1.95 bits per heavy atom. The normalized spacial score (nSPS) is 17.3. The molecule has 1 N–H and O–H groups in total. The van der Waals surface area contributed by atoms with Gasteiger partial charge in [0.2, 0.25) is 0 Å². The van der Waals surface area contributed by atoms with Crippen molar-refractivity contribution in [2.24, 2.45) is 5.41 Å². The van der Waals surface area contributed by atoms with Crippen molar-refractivity contribution >= 4 is 11.8 Å². The maximum Gasteiger partial charge on any atom is 0.319 e. The van der Waals surface area contributed by atoms with Gasteiger partial charge >= 0.3 is 5.97 Å². The van der Waals surface area contributed by atoms with Crippen molar-refractivity contribution in [1.82, 2.24) is 5.32 Å². The molecule has 0 spiro atoms. The van der Waals surface area contributed by atoms with Crippen LogP contribution >= 0.6 is 0 Å². The van der Waals surface area contributed by atoms with Crippen LogP contribution in [0.25, 0.3) is 0 Å². The Bertz CT molecular complexity index is 480. The van der Waals surface area contributed by atoms with Crippen LogP contribution < -0.4 is 5.32 Å². The molecular formula is C16H21NO3. The Hall–Kier alpha value is -1.68. The van der Waals surface area contributed by atoms with Gasteiger partial charge in [-0.25, -0.2) is 0 Å². The zero-order valence-electron chi connectivity index (χ0n) is 12.0. The van der Waals surface area contributed by atoms with Crippen molar-refractivity contribution in [1.29, 1.82) is 0 Å². The number of carbonyl (C=O) groups excluding carboxylic acids is 2. The smallest absolute Gasteiger partial charge is 0.319 e. The minimum atomic E-state index is -0.862. The highest BCUT2D eigenvalue weighted by Crippen LogP contribution is 2.47. The van der Waals surface area contributed by atoms with E-state index in [-0.39, 0.29) is 24.3 Å². The topological polar surface area (TPSA) is 55.4 Å².